The molecule has 2 N–H and O–H groups in total. The maximum Gasteiger partial charge on any atom is 0.325 e. The number of nitrogens with one attached hydrogen (secondary N) is 2. The molecule has 1 heterocycles. The fourth-order valence-electron chi connectivity index (χ4n) is 3.93. The van der Waals surface area contributed by atoms with Crippen LogP contribution in [0.1, 0.15) is 38.2 Å². The van der Waals surface area contributed by atoms with Crippen LogP contribution in [0.4, 0.5) is 16.2 Å². The van der Waals surface area contributed by atoms with Gasteiger partial charge in [-0.15, -0.1) is 0 Å². The maximum absolute atomic E-state index is 12.9. The summed E-state index contributed by atoms with van der Waals surface area (Å²) in [6.45, 7) is 3.04. The number of hydrogen-bond acceptors (Lipinski definition) is 5. The number of hydrogen-bond donors (Lipinski definition) is 2. The van der Waals surface area contributed by atoms with Crippen molar-refractivity contribution in [1.82, 2.24) is 10.2 Å². The number of urea groups is 1. The second-order valence-corrected chi connectivity index (χ2v) is 7.19. The molecule has 0 aromatic heterocycles. The first-order valence-corrected chi connectivity index (χ1v) is 8.94. The van der Waals surface area contributed by atoms with Crippen LogP contribution in [0.15, 0.2) is 18.2 Å². The van der Waals surface area contributed by atoms with Gasteiger partial charge in [0.05, 0.1) is 16.2 Å². The molecule has 1 aliphatic heterocycles. The number of benzene rings is 1. The van der Waals surface area contributed by atoms with Crippen LogP contribution in [0, 0.1) is 23.0 Å². The Labute approximate surface area is 156 Å². The lowest BCUT2D eigenvalue weighted by Crippen LogP contribution is -2.54. The predicted octanol–water partition coefficient (Wildman–Crippen LogP) is 2.34. The van der Waals surface area contributed by atoms with Crippen molar-refractivity contribution in [3.8, 4) is 0 Å². The molecular weight excluding hydrogens is 352 g/mol. The molecule has 0 radical (unpaired) electrons. The second kappa shape index (κ2) is 6.98. The van der Waals surface area contributed by atoms with Crippen molar-refractivity contribution in [1.29, 1.82) is 0 Å². The summed E-state index contributed by atoms with van der Waals surface area (Å²) in [5.41, 5.74) is -0.443. The number of imide groups is 1. The molecule has 1 aliphatic carbocycles. The first-order valence-electron chi connectivity index (χ1n) is 8.94. The molecule has 9 nitrogen and oxygen atoms in total. The summed E-state index contributed by atoms with van der Waals surface area (Å²) in [5, 5.41) is 16.4. The normalized spacial score (nSPS) is 24.8. The highest BCUT2D eigenvalue weighted by Gasteiger charge is 2.55. The minimum absolute atomic E-state index is 0.00905. The van der Waals surface area contributed by atoms with E-state index in [2.05, 4.69) is 10.6 Å². The van der Waals surface area contributed by atoms with E-state index in [9.17, 15) is 24.5 Å². The van der Waals surface area contributed by atoms with E-state index in [1.54, 1.807) is 0 Å². The summed E-state index contributed by atoms with van der Waals surface area (Å²) in [6.07, 6.45) is 3.28. The van der Waals surface area contributed by atoms with Crippen LogP contribution >= 0.6 is 0 Å². The van der Waals surface area contributed by atoms with Crippen molar-refractivity contribution in [2.75, 3.05) is 11.9 Å². The van der Waals surface area contributed by atoms with Gasteiger partial charge in [-0.3, -0.25) is 24.6 Å². The van der Waals surface area contributed by atoms with Gasteiger partial charge in [0.25, 0.3) is 11.6 Å². The average molecular weight is 374 g/mol. The van der Waals surface area contributed by atoms with Crippen LogP contribution in [-0.4, -0.2) is 39.8 Å². The minimum Gasteiger partial charge on any atom is -0.324 e. The van der Waals surface area contributed by atoms with Gasteiger partial charge in [-0.25, -0.2) is 4.79 Å². The number of nitrogens with zero attached hydrogens (tertiary/aromatic N) is 2. The molecule has 0 bridgehead atoms. The summed E-state index contributed by atoms with van der Waals surface area (Å²) >= 11 is 0. The average Bonchev–Trinajstić information content (AvgIpc) is 2.84. The quantitative estimate of drug-likeness (QED) is 0.476. The molecule has 144 valence electrons. The van der Waals surface area contributed by atoms with E-state index in [-0.39, 0.29) is 23.2 Å². The van der Waals surface area contributed by atoms with E-state index in [1.807, 2.05) is 6.92 Å². The highest BCUT2D eigenvalue weighted by molar-refractivity contribution is 6.10. The van der Waals surface area contributed by atoms with Crippen molar-refractivity contribution >= 4 is 29.2 Å². The molecule has 1 aromatic rings. The second-order valence-electron chi connectivity index (χ2n) is 7.19. The number of nitro groups is 1. The molecule has 0 unspecified atom stereocenters. The van der Waals surface area contributed by atoms with Crippen molar-refractivity contribution in [3.63, 3.8) is 0 Å². The van der Waals surface area contributed by atoms with E-state index in [0.29, 0.717) is 12.0 Å². The third-order valence-electron chi connectivity index (χ3n) is 5.58. The monoisotopic (exact) mass is 374 g/mol. The van der Waals surface area contributed by atoms with Gasteiger partial charge < -0.3 is 10.6 Å². The smallest absolute Gasteiger partial charge is 0.324 e. The molecule has 27 heavy (non-hydrogen) atoms. The van der Waals surface area contributed by atoms with Gasteiger partial charge >= 0.3 is 6.03 Å². The topological polar surface area (TPSA) is 122 Å². The highest BCUT2D eigenvalue weighted by atomic mass is 16.6. The molecule has 1 aromatic carbocycles. The lowest BCUT2D eigenvalue weighted by atomic mass is 9.73. The molecule has 3 rings (SSSR count). The summed E-state index contributed by atoms with van der Waals surface area (Å²) in [6, 6.07) is 3.78. The molecule has 2 fully saturated rings. The van der Waals surface area contributed by atoms with Crippen molar-refractivity contribution < 1.29 is 19.3 Å². The van der Waals surface area contributed by atoms with Crippen molar-refractivity contribution in [2.24, 2.45) is 5.92 Å². The van der Waals surface area contributed by atoms with Crippen LogP contribution < -0.4 is 10.6 Å². The molecule has 1 saturated carbocycles. The van der Waals surface area contributed by atoms with E-state index in [4.69, 9.17) is 0 Å². The Morgan fingerprint density at radius 1 is 1.41 bits per heavy atom. The van der Waals surface area contributed by atoms with E-state index in [0.717, 1.165) is 24.2 Å². The van der Waals surface area contributed by atoms with Gasteiger partial charge in [-0.1, -0.05) is 25.8 Å². The minimum atomic E-state index is -0.920. The van der Waals surface area contributed by atoms with Gasteiger partial charge in [0, 0.05) is 6.07 Å². The Hall–Kier alpha value is -2.97. The molecule has 1 saturated heterocycles. The zero-order chi connectivity index (χ0) is 19.8. The van der Waals surface area contributed by atoms with Crippen LogP contribution in [0.5, 0.6) is 0 Å². The zero-order valence-corrected chi connectivity index (χ0v) is 15.3. The number of carbonyl (C=O) groups is 3. The molecule has 2 aliphatic rings. The molecule has 9 heteroatoms. The largest absolute Gasteiger partial charge is 0.325 e. The van der Waals surface area contributed by atoms with Crippen LogP contribution in [-0.2, 0) is 9.59 Å². The summed E-state index contributed by atoms with van der Waals surface area (Å²) < 4.78 is 0. The Morgan fingerprint density at radius 2 is 2.15 bits per heavy atom. The third-order valence-corrected chi connectivity index (χ3v) is 5.58. The third kappa shape index (κ3) is 3.24. The zero-order valence-electron chi connectivity index (χ0n) is 15.3. The van der Waals surface area contributed by atoms with Gasteiger partial charge in [-0.2, -0.15) is 0 Å². The Morgan fingerprint density at radius 3 is 2.81 bits per heavy atom. The highest BCUT2D eigenvalue weighted by Crippen LogP contribution is 2.38. The number of rotatable bonds is 4. The standard InChI is InChI=1S/C18H22N4O5/c1-11-6-3-4-9-18(11)16(24)21(17(25)20-18)10-15(23)19-13-7-5-8-14(12(13)2)22(26)27/h5,7-8,11H,3-4,6,9-10H2,1-2H3,(H,19,23)(H,20,25)/t11-,18+/m1/s1. The van der Waals surface area contributed by atoms with Crippen LogP contribution in [0.3, 0.4) is 0 Å². The maximum atomic E-state index is 12.9. The fourth-order valence-corrected chi connectivity index (χ4v) is 3.93. The van der Waals surface area contributed by atoms with E-state index < -0.39 is 28.9 Å². The van der Waals surface area contributed by atoms with Gasteiger partial charge in [0.2, 0.25) is 5.91 Å². The van der Waals surface area contributed by atoms with Crippen LogP contribution in [0.25, 0.3) is 0 Å². The summed E-state index contributed by atoms with van der Waals surface area (Å²) in [4.78, 5) is 49.0. The Balaban J connectivity index is 1.73. The summed E-state index contributed by atoms with van der Waals surface area (Å²) in [7, 11) is 0. The number of anilines is 1. The van der Waals surface area contributed by atoms with Crippen molar-refractivity contribution in [3.05, 3.63) is 33.9 Å². The number of nitro benzene ring substituents is 1. The molecule has 1 spiro atoms. The van der Waals surface area contributed by atoms with Gasteiger partial charge in [0.1, 0.15) is 12.1 Å². The SMILES string of the molecule is Cc1c(NC(=O)CN2C(=O)N[C@]3(CCCC[C@H]3C)C2=O)cccc1[N+](=O)[O-]. The van der Waals surface area contributed by atoms with Gasteiger partial charge in [0.15, 0.2) is 0 Å². The molecule has 4 amide bonds. The fraction of sp³-hybridized carbons (Fsp3) is 0.500. The lowest BCUT2D eigenvalue weighted by molar-refractivity contribution is -0.385. The number of amides is 4. The van der Waals surface area contributed by atoms with E-state index in [1.165, 1.54) is 25.1 Å². The number of carbonyl (C=O) groups excluding carboxylic acids is 3. The first kappa shape index (κ1) is 18.8. The lowest BCUT2D eigenvalue weighted by Gasteiger charge is -2.36. The first-order chi connectivity index (χ1) is 12.8. The Bertz CT molecular complexity index is 824. The summed E-state index contributed by atoms with van der Waals surface area (Å²) in [5.74, 6) is -0.942. The van der Waals surface area contributed by atoms with Crippen molar-refractivity contribution in [2.45, 2.75) is 45.1 Å². The molecular formula is C18H22N4O5. The van der Waals surface area contributed by atoms with E-state index >= 15 is 0 Å². The van der Waals surface area contributed by atoms with Crippen LogP contribution in [0.2, 0.25) is 0 Å². The molecule has 2 atom stereocenters. The Kier molecular flexibility index (Phi) is 4.86. The predicted molar refractivity (Wildman–Crippen MR) is 97.1 cm³/mol. The van der Waals surface area contributed by atoms with Gasteiger partial charge in [-0.05, 0) is 31.7 Å².